The van der Waals surface area contributed by atoms with E-state index in [4.69, 9.17) is 40.5 Å². The molecular weight excluding hydrogens is 329 g/mol. The third kappa shape index (κ3) is 2.69. The molecule has 1 heterocycles. The van der Waals surface area contributed by atoms with E-state index in [1.807, 2.05) is 41.3 Å². The molecule has 2 aromatic carbocycles. The Morgan fingerprint density at radius 1 is 1.10 bits per heavy atom. The van der Waals surface area contributed by atoms with E-state index in [2.05, 4.69) is 4.99 Å². The van der Waals surface area contributed by atoms with Crippen molar-refractivity contribution in [1.82, 2.24) is 0 Å². The van der Waals surface area contributed by atoms with Gasteiger partial charge in [-0.1, -0.05) is 53.0 Å². The Morgan fingerprint density at radius 3 is 2.62 bits per heavy atom. The first-order chi connectivity index (χ1) is 10.1. The van der Waals surface area contributed by atoms with Crippen LogP contribution in [0.5, 0.6) is 0 Å². The maximum atomic E-state index is 6.33. The van der Waals surface area contributed by atoms with Gasteiger partial charge in [0, 0.05) is 10.7 Å². The molecule has 0 aromatic heterocycles. The Kier molecular flexibility index (Phi) is 3.98. The van der Waals surface area contributed by atoms with Crippen LogP contribution in [-0.2, 0) is 0 Å². The van der Waals surface area contributed by atoms with E-state index in [0.29, 0.717) is 27.6 Å². The molecule has 0 fully saturated rings. The third-order valence-electron chi connectivity index (χ3n) is 3.41. The van der Waals surface area contributed by atoms with Crippen molar-refractivity contribution in [1.29, 1.82) is 0 Å². The topological polar surface area (TPSA) is 41.6 Å². The Labute approximate surface area is 137 Å². The van der Waals surface area contributed by atoms with Crippen molar-refractivity contribution >= 4 is 46.4 Å². The van der Waals surface area contributed by atoms with Crippen molar-refractivity contribution in [2.45, 2.75) is 6.04 Å². The molecule has 0 saturated carbocycles. The van der Waals surface area contributed by atoms with E-state index in [-0.39, 0.29) is 6.04 Å². The van der Waals surface area contributed by atoms with Crippen molar-refractivity contribution in [3.63, 3.8) is 0 Å². The molecule has 0 spiro atoms. The molecule has 0 bridgehead atoms. The molecule has 21 heavy (non-hydrogen) atoms. The molecule has 3 rings (SSSR count). The molecule has 0 saturated heterocycles. The molecule has 1 atom stereocenters. The second-order valence-electron chi connectivity index (χ2n) is 4.71. The van der Waals surface area contributed by atoms with Crippen LogP contribution in [0.3, 0.4) is 0 Å². The molecule has 0 radical (unpaired) electrons. The lowest BCUT2D eigenvalue weighted by atomic mass is 10.1. The predicted octanol–water partition coefficient (Wildman–Crippen LogP) is 4.52. The Balaban J connectivity index is 2.05. The van der Waals surface area contributed by atoms with Crippen LogP contribution in [0.15, 0.2) is 47.5 Å². The fourth-order valence-corrected chi connectivity index (χ4v) is 3.07. The molecule has 1 aliphatic rings. The second-order valence-corrected chi connectivity index (χ2v) is 5.93. The highest BCUT2D eigenvalue weighted by Crippen LogP contribution is 2.37. The first-order valence-corrected chi connectivity index (χ1v) is 7.50. The first-order valence-electron chi connectivity index (χ1n) is 6.36. The molecule has 1 aliphatic heterocycles. The highest BCUT2D eigenvalue weighted by molar-refractivity contribution is 6.42. The minimum atomic E-state index is -0.0883. The predicted molar refractivity (Wildman–Crippen MR) is 89.6 cm³/mol. The minimum Gasteiger partial charge on any atom is -0.369 e. The van der Waals surface area contributed by atoms with Gasteiger partial charge in [-0.2, -0.15) is 0 Å². The molecule has 108 valence electrons. The third-order valence-corrected chi connectivity index (χ3v) is 4.48. The summed E-state index contributed by atoms with van der Waals surface area (Å²) in [6.45, 7) is 0.526. The van der Waals surface area contributed by atoms with Crippen LogP contribution < -0.4 is 10.6 Å². The zero-order chi connectivity index (χ0) is 15.0. The zero-order valence-electron chi connectivity index (χ0n) is 10.9. The van der Waals surface area contributed by atoms with E-state index in [1.54, 1.807) is 6.07 Å². The summed E-state index contributed by atoms with van der Waals surface area (Å²) in [7, 11) is 0. The summed E-state index contributed by atoms with van der Waals surface area (Å²) >= 11 is 18.5. The van der Waals surface area contributed by atoms with Gasteiger partial charge in [0.15, 0.2) is 5.96 Å². The van der Waals surface area contributed by atoms with Crippen molar-refractivity contribution in [3.05, 3.63) is 63.1 Å². The lowest BCUT2D eigenvalue weighted by Gasteiger charge is -2.27. The average molecular weight is 341 g/mol. The van der Waals surface area contributed by atoms with Crippen LogP contribution in [0.4, 0.5) is 5.69 Å². The molecule has 0 amide bonds. The largest absolute Gasteiger partial charge is 0.369 e. The molecular formula is C15H12Cl3N3. The van der Waals surface area contributed by atoms with Crippen molar-refractivity contribution in [2.24, 2.45) is 10.7 Å². The maximum Gasteiger partial charge on any atom is 0.196 e. The molecule has 6 heteroatoms. The van der Waals surface area contributed by atoms with Gasteiger partial charge in [-0.05, 0) is 29.8 Å². The van der Waals surface area contributed by atoms with Crippen LogP contribution in [0.1, 0.15) is 11.6 Å². The number of hydrogen-bond donors (Lipinski definition) is 1. The fraction of sp³-hybridized carbons (Fsp3) is 0.133. The number of anilines is 1. The summed E-state index contributed by atoms with van der Waals surface area (Å²) in [4.78, 5) is 6.25. The maximum absolute atomic E-state index is 6.33. The quantitative estimate of drug-likeness (QED) is 0.873. The monoisotopic (exact) mass is 339 g/mol. The van der Waals surface area contributed by atoms with Crippen molar-refractivity contribution in [2.75, 3.05) is 11.4 Å². The average Bonchev–Trinajstić information content (AvgIpc) is 2.83. The lowest BCUT2D eigenvalue weighted by molar-refractivity contribution is 0.769. The van der Waals surface area contributed by atoms with Crippen LogP contribution in [-0.4, -0.2) is 12.5 Å². The molecule has 2 aromatic rings. The van der Waals surface area contributed by atoms with E-state index in [0.717, 1.165) is 11.3 Å². The molecule has 3 nitrogen and oxygen atoms in total. The summed E-state index contributed by atoms with van der Waals surface area (Å²) in [5, 5.41) is 1.69. The van der Waals surface area contributed by atoms with Crippen molar-refractivity contribution in [3.8, 4) is 0 Å². The molecule has 0 aliphatic carbocycles. The smallest absolute Gasteiger partial charge is 0.196 e. The number of halogens is 3. The number of rotatable bonds is 2. The summed E-state index contributed by atoms with van der Waals surface area (Å²) in [5.41, 5.74) is 7.81. The van der Waals surface area contributed by atoms with E-state index in [9.17, 15) is 0 Å². The van der Waals surface area contributed by atoms with Gasteiger partial charge in [0.25, 0.3) is 0 Å². The summed E-state index contributed by atoms with van der Waals surface area (Å²) in [5.74, 6) is 0.443. The van der Waals surface area contributed by atoms with Crippen molar-refractivity contribution < 1.29 is 0 Å². The van der Waals surface area contributed by atoms with Gasteiger partial charge < -0.3 is 10.6 Å². The Morgan fingerprint density at radius 2 is 1.86 bits per heavy atom. The minimum absolute atomic E-state index is 0.0883. The lowest BCUT2D eigenvalue weighted by Crippen LogP contribution is -2.36. The van der Waals surface area contributed by atoms with E-state index >= 15 is 0 Å². The highest BCUT2D eigenvalue weighted by atomic mass is 35.5. The van der Waals surface area contributed by atoms with Crippen LogP contribution in [0, 0.1) is 0 Å². The number of nitrogens with two attached hydrogens (primary N) is 1. The standard InChI is InChI=1S/C15H12Cl3N3/c16-9-3-1-4-10(7-9)21-13(8-20-15(21)19)11-5-2-6-12(17)14(11)18/h1-7,13H,8H2,(H2,19,20). The normalized spacial score (nSPS) is 18.0. The fourth-order valence-electron chi connectivity index (χ4n) is 2.45. The number of nitrogens with zero attached hydrogens (tertiary/aromatic N) is 2. The van der Waals surface area contributed by atoms with Gasteiger partial charge >= 0.3 is 0 Å². The zero-order valence-corrected chi connectivity index (χ0v) is 13.2. The van der Waals surface area contributed by atoms with E-state index < -0.39 is 0 Å². The number of hydrogen-bond acceptors (Lipinski definition) is 3. The van der Waals surface area contributed by atoms with Gasteiger partial charge in [0.05, 0.1) is 22.6 Å². The van der Waals surface area contributed by atoms with Gasteiger partial charge in [0.2, 0.25) is 0 Å². The summed E-state index contributed by atoms with van der Waals surface area (Å²) in [6.07, 6.45) is 0. The first kappa shape index (κ1) is 14.5. The second kappa shape index (κ2) is 5.76. The van der Waals surface area contributed by atoms with Gasteiger partial charge in [0.1, 0.15) is 0 Å². The Bertz CT molecular complexity index is 715. The highest BCUT2D eigenvalue weighted by Gasteiger charge is 2.30. The van der Waals surface area contributed by atoms with Crippen LogP contribution >= 0.6 is 34.8 Å². The summed E-state index contributed by atoms with van der Waals surface area (Å²) < 4.78 is 0. The van der Waals surface area contributed by atoms with Gasteiger partial charge in [-0.25, -0.2) is 0 Å². The molecule has 2 N–H and O–H groups in total. The van der Waals surface area contributed by atoms with Gasteiger partial charge in [-0.3, -0.25) is 4.99 Å². The SMILES string of the molecule is NC1=NCC(c2cccc(Cl)c2Cl)N1c1cccc(Cl)c1. The van der Waals surface area contributed by atoms with Crippen LogP contribution in [0.25, 0.3) is 0 Å². The Hall–Kier alpha value is -1.42. The molecule has 1 unspecified atom stereocenters. The van der Waals surface area contributed by atoms with Crippen LogP contribution in [0.2, 0.25) is 15.1 Å². The number of benzene rings is 2. The number of aliphatic imine (C=N–C) groups is 1. The van der Waals surface area contributed by atoms with Gasteiger partial charge in [-0.15, -0.1) is 0 Å². The number of guanidine groups is 1. The van der Waals surface area contributed by atoms with E-state index in [1.165, 1.54) is 0 Å². The summed E-state index contributed by atoms with van der Waals surface area (Å²) in [6, 6.07) is 12.9.